The number of amides is 1. The number of rotatable bonds is 3. The molecule has 27 heavy (non-hydrogen) atoms. The van der Waals surface area contributed by atoms with Crippen LogP contribution in [0.3, 0.4) is 0 Å². The predicted molar refractivity (Wildman–Crippen MR) is 95.3 cm³/mol. The van der Waals surface area contributed by atoms with Crippen LogP contribution in [0, 0.1) is 10.1 Å². The monoisotopic (exact) mass is 393 g/mol. The predicted octanol–water partition coefficient (Wildman–Crippen LogP) is 4.51. The van der Waals surface area contributed by atoms with Crippen LogP contribution in [0.4, 0.5) is 24.5 Å². The molecule has 2 aromatic rings. The molecule has 0 bridgehead atoms. The third-order valence-corrected chi connectivity index (χ3v) is 4.38. The van der Waals surface area contributed by atoms with E-state index in [4.69, 9.17) is 0 Å². The van der Waals surface area contributed by atoms with Gasteiger partial charge in [-0.25, -0.2) is 4.99 Å². The molecular weight excluding hydrogens is 383 g/mol. The van der Waals surface area contributed by atoms with Gasteiger partial charge in [0.2, 0.25) is 0 Å². The number of nitro groups is 1. The first-order chi connectivity index (χ1) is 12.7. The second-order valence-corrected chi connectivity index (χ2v) is 6.38. The number of halogens is 3. The molecule has 0 radical (unpaired) electrons. The van der Waals surface area contributed by atoms with Crippen molar-refractivity contribution < 1.29 is 22.9 Å². The van der Waals surface area contributed by atoms with Gasteiger partial charge >= 0.3 is 6.18 Å². The van der Waals surface area contributed by atoms with Crippen molar-refractivity contribution >= 4 is 40.3 Å². The second-order valence-electron chi connectivity index (χ2n) is 5.35. The molecule has 1 fully saturated rings. The van der Waals surface area contributed by atoms with E-state index in [1.165, 1.54) is 36.4 Å². The maximum absolute atomic E-state index is 12.8. The van der Waals surface area contributed by atoms with Crippen LogP contribution in [0.1, 0.15) is 11.1 Å². The van der Waals surface area contributed by atoms with Crippen molar-refractivity contribution in [3.63, 3.8) is 0 Å². The highest BCUT2D eigenvalue weighted by Crippen LogP contribution is 2.33. The molecule has 0 atom stereocenters. The minimum atomic E-state index is -4.50. The molecule has 0 aliphatic carbocycles. The molecule has 1 aliphatic rings. The number of alkyl halides is 3. The lowest BCUT2D eigenvalue weighted by molar-refractivity contribution is -0.385. The molecule has 0 spiro atoms. The number of hydrogen-bond donors (Lipinski definition) is 1. The second kappa shape index (κ2) is 7.23. The maximum Gasteiger partial charge on any atom is 0.416 e. The molecule has 3 rings (SSSR count). The van der Waals surface area contributed by atoms with Gasteiger partial charge in [0.1, 0.15) is 0 Å². The first-order valence-electron chi connectivity index (χ1n) is 7.44. The van der Waals surface area contributed by atoms with E-state index in [1.807, 2.05) is 0 Å². The lowest BCUT2D eigenvalue weighted by Gasteiger charge is -2.06. The van der Waals surface area contributed by atoms with E-state index < -0.39 is 22.6 Å². The van der Waals surface area contributed by atoms with Crippen molar-refractivity contribution in [1.82, 2.24) is 5.32 Å². The summed E-state index contributed by atoms with van der Waals surface area (Å²) in [6.07, 6.45) is -3.16. The van der Waals surface area contributed by atoms with Crippen LogP contribution in [0.25, 0.3) is 6.08 Å². The smallest absolute Gasteiger partial charge is 0.300 e. The minimum absolute atomic E-state index is 0.0274. The van der Waals surface area contributed by atoms with E-state index in [2.05, 4.69) is 10.3 Å². The molecular formula is C17H10F3N3O3S. The number of nitro benzene ring substituents is 1. The quantitative estimate of drug-likeness (QED) is 0.473. The van der Waals surface area contributed by atoms with Gasteiger partial charge in [0.25, 0.3) is 11.6 Å². The Morgan fingerprint density at radius 1 is 1.15 bits per heavy atom. The summed E-state index contributed by atoms with van der Waals surface area (Å²) in [5.41, 5.74) is -0.754. The third kappa shape index (κ3) is 4.34. The lowest BCUT2D eigenvalue weighted by atomic mass is 10.1. The molecule has 0 unspecified atom stereocenters. The molecule has 6 nitrogen and oxygen atoms in total. The zero-order valence-corrected chi connectivity index (χ0v) is 14.2. The van der Waals surface area contributed by atoms with Crippen LogP contribution in [-0.2, 0) is 11.0 Å². The Kier molecular flexibility index (Phi) is 5.00. The van der Waals surface area contributed by atoms with Crippen molar-refractivity contribution in [2.24, 2.45) is 4.99 Å². The summed E-state index contributed by atoms with van der Waals surface area (Å²) in [7, 11) is 0. The van der Waals surface area contributed by atoms with Gasteiger partial charge in [0.05, 0.1) is 26.6 Å². The van der Waals surface area contributed by atoms with Gasteiger partial charge in [-0.05, 0) is 42.1 Å². The Labute approximate surface area is 154 Å². The number of aliphatic imine (C=N–C) groups is 1. The fourth-order valence-electron chi connectivity index (χ4n) is 2.27. The van der Waals surface area contributed by atoms with Crippen LogP contribution in [-0.4, -0.2) is 16.0 Å². The van der Waals surface area contributed by atoms with E-state index in [0.29, 0.717) is 0 Å². The van der Waals surface area contributed by atoms with E-state index in [9.17, 15) is 28.1 Å². The van der Waals surface area contributed by atoms with Crippen molar-refractivity contribution in [1.29, 1.82) is 0 Å². The number of benzene rings is 2. The topological polar surface area (TPSA) is 84.6 Å². The summed E-state index contributed by atoms with van der Waals surface area (Å²) >= 11 is 0.889. The molecule has 1 heterocycles. The fraction of sp³-hybridized carbons (Fsp3) is 0.0588. The van der Waals surface area contributed by atoms with Crippen molar-refractivity contribution in [3.05, 3.63) is 74.7 Å². The fourth-order valence-corrected chi connectivity index (χ4v) is 3.10. The van der Waals surface area contributed by atoms with Gasteiger partial charge in [-0.15, -0.1) is 0 Å². The number of nitrogens with one attached hydrogen (secondary N) is 1. The average molecular weight is 393 g/mol. The molecule has 0 saturated carbocycles. The number of carbonyl (C=O) groups is 1. The summed E-state index contributed by atoms with van der Waals surface area (Å²) in [4.78, 5) is 26.7. The van der Waals surface area contributed by atoms with Crippen LogP contribution >= 0.6 is 11.8 Å². The van der Waals surface area contributed by atoms with Crippen molar-refractivity contribution in [2.75, 3.05) is 0 Å². The first-order valence-corrected chi connectivity index (χ1v) is 8.26. The Morgan fingerprint density at radius 2 is 1.89 bits per heavy atom. The Morgan fingerprint density at radius 3 is 2.59 bits per heavy atom. The summed E-state index contributed by atoms with van der Waals surface area (Å²) < 4.78 is 38.3. The third-order valence-electron chi connectivity index (χ3n) is 3.48. The van der Waals surface area contributed by atoms with Gasteiger partial charge in [0.15, 0.2) is 5.17 Å². The van der Waals surface area contributed by atoms with E-state index in [0.717, 1.165) is 23.9 Å². The van der Waals surface area contributed by atoms with Crippen LogP contribution in [0.5, 0.6) is 0 Å². The standard InChI is InChI=1S/C17H10F3N3O3S/c18-17(19,20)11-5-3-6-12(9-11)21-16-22-15(24)14(27-16)8-10-4-1-2-7-13(10)23(25)26/h1-9H,(H,21,22,24)/b14-8-. The number of hydrogen-bond acceptors (Lipinski definition) is 5. The van der Waals surface area contributed by atoms with Gasteiger partial charge in [-0.3, -0.25) is 14.9 Å². The largest absolute Gasteiger partial charge is 0.416 e. The van der Waals surface area contributed by atoms with Crippen LogP contribution in [0.2, 0.25) is 0 Å². The average Bonchev–Trinajstić information content (AvgIpc) is 2.94. The maximum atomic E-state index is 12.8. The Bertz CT molecular complexity index is 987. The van der Waals surface area contributed by atoms with Crippen molar-refractivity contribution in [2.45, 2.75) is 6.18 Å². The molecule has 1 amide bonds. The Balaban J connectivity index is 1.88. The number of amidine groups is 1. The Hall–Kier alpha value is -3.14. The molecule has 10 heteroatoms. The summed E-state index contributed by atoms with van der Waals surface area (Å²) in [5, 5.41) is 13.6. The van der Waals surface area contributed by atoms with Crippen molar-refractivity contribution in [3.8, 4) is 0 Å². The van der Waals surface area contributed by atoms with E-state index >= 15 is 0 Å². The summed E-state index contributed by atoms with van der Waals surface area (Å²) in [5.74, 6) is -0.538. The van der Waals surface area contributed by atoms with E-state index in [1.54, 1.807) is 6.07 Å². The highest BCUT2D eigenvalue weighted by atomic mass is 32.2. The summed E-state index contributed by atoms with van der Waals surface area (Å²) in [6.45, 7) is 0. The molecule has 2 aromatic carbocycles. The van der Waals surface area contributed by atoms with Gasteiger partial charge in [-0.1, -0.05) is 18.2 Å². The van der Waals surface area contributed by atoms with Crippen LogP contribution in [0.15, 0.2) is 58.4 Å². The molecule has 1 aliphatic heterocycles. The zero-order chi connectivity index (χ0) is 19.6. The highest BCUT2D eigenvalue weighted by molar-refractivity contribution is 8.18. The normalized spacial score (nSPS) is 17.4. The molecule has 138 valence electrons. The highest BCUT2D eigenvalue weighted by Gasteiger charge is 2.31. The van der Waals surface area contributed by atoms with Gasteiger partial charge in [-0.2, -0.15) is 13.2 Å². The SMILES string of the molecule is O=C1NC(=Nc2cccc(C(F)(F)F)c2)S/C1=C\c1ccccc1[N+](=O)[O-]. The number of nitrogens with zero attached hydrogens (tertiary/aromatic N) is 2. The van der Waals surface area contributed by atoms with Crippen LogP contribution < -0.4 is 5.32 Å². The lowest BCUT2D eigenvalue weighted by Crippen LogP contribution is -2.19. The van der Waals surface area contributed by atoms with Gasteiger partial charge in [0, 0.05) is 6.07 Å². The number of para-hydroxylation sites is 1. The number of carbonyl (C=O) groups excluding carboxylic acids is 1. The first kappa shape index (κ1) is 18.6. The minimum Gasteiger partial charge on any atom is -0.300 e. The van der Waals surface area contributed by atoms with E-state index in [-0.39, 0.29) is 27.0 Å². The molecule has 0 aromatic heterocycles. The molecule has 1 N–H and O–H groups in total. The molecule has 1 saturated heterocycles. The van der Waals surface area contributed by atoms with Gasteiger partial charge < -0.3 is 5.32 Å². The summed E-state index contributed by atoms with van der Waals surface area (Å²) in [6, 6.07) is 10.3. The zero-order valence-electron chi connectivity index (χ0n) is 13.4. The number of thioether (sulfide) groups is 1.